The van der Waals surface area contributed by atoms with Gasteiger partial charge in [0, 0.05) is 11.8 Å². The van der Waals surface area contributed by atoms with Crippen molar-refractivity contribution in [2.75, 3.05) is 6.61 Å². The number of aliphatic hydroxyl groups is 1. The summed E-state index contributed by atoms with van der Waals surface area (Å²) in [5.74, 6) is 3.82. The maximum absolute atomic E-state index is 9.09. The largest absolute Gasteiger partial charge is 0.464 e. The van der Waals surface area contributed by atoms with Crippen LogP contribution in [0.3, 0.4) is 0 Å². The van der Waals surface area contributed by atoms with Crippen molar-refractivity contribution in [3.05, 3.63) is 47.3 Å². The highest BCUT2D eigenvalue weighted by Crippen LogP contribution is 2.35. The van der Waals surface area contributed by atoms with Crippen molar-refractivity contribution < 1.29 is 28.2 Å². The molecule has 0 aromatic carbocycles. The van der Waals surface area contributed by atoms with E-state index in [1.807, 2.05) is 79.7 Å². The zero-order chi connectivity index (χ0) is 28.9. The minimum Gasteiger partial charge on any atom is -0.464 e. The first kappa shape index (κ1) is 35.4. The first-order chi connectivity index (χ1) is 17.1. The number of aryl methyl sites for hydroxylation is 1. The molecule has 0 saturated carbocycles. The quantitative estimate of drug-likeness (QED) is 0.284. The molecule has 0 spiro atoms. The van der Waals surface area contributed by atoms with Crippen molar-refractivity contribution in [3.63, 3.8) is 0 Å². The maximum atomic E-state index is 9.09. The van der Waals surface area contributed by atoms with E-state index in [2.05, 4.69) is 34.6 Å². The Morgan fingerprint density at radius 3 is 1.62 bits per heavy atom. The number of hydrogen-bond donors (Lipinski definition) is 1. The van der Waals surface area contributed by atoms with Gasteiger partial charge in [-0.2, -0.15) is 0 Å². The molecule has 0 amide bonds. The monoisotopic (exact) mass is 524 g/mol. The van der Waals surface area contributed by atoms with Gasteiger partial charge in [0.1, 0.15) is 42.9 Å². The van der Waals surface area contributed by atoms with Gasteiger partial charge in [0.25, 0.3) is 0 Å². The molecule has 2 aromatic heterocycles. The highest BCUT2D eigenvalue weighted by molar-refractivity contribution is 5.07. The molecule has 0 saturated heterocycles. The van der Waals surface area contributed by atoms with Gasteiger partial charge in [0.15, 0.2) is 0 Å². The van der Waals surface area contributed by atoms with Gasteiger partial charge in [-0.15, -0.1) is 0 Å². The standard InChI is InChI=1S/C23H36O5.C6H14O.C2H6/c1-8-18-9-10-21(27-18)15-26-23(6,7)22(4,5)16-24-13-19-11-12-20(28-19)14-25-17(2)3;1-5(2)6(3,4)7;1-2/h9-12,17H,8,13-16H2,1-7H3;5,7H,1-4H3;1-2H3. The van der Waals surface area contributed by atoms with Crippen molar-refractivity contribution in [1.29, 1.82) is 0 Å². The number of furan rings is 2. The Labute approximate surface area is 227 Å². The minimum atomic E-state index is -0.500. The molecule has 6 heteroatoms. The number of rotatable bonds is 13. The first-order valence-electron chi connectivity index (χ1n) is 13.8. The molecule has 0 radical (unpaired) electrons. The predicted octanol–water partition coefficient (Wildman–Crippen LogP) is 8.34. The highest BCUT2D eigenvalue weighted by atomic mass is 16.5. The molecule has 2 rings (SSSR count). The molecule has 0 aliphatic carbocycles. The van der Waals surface area contributed by atoms with Gasteiger partial charge in [-0.1, -0.05) is 48.5 Å². The average molecular weight is 525 g/mol. The van der Waals surface area contributed by atoms with Crippen LogP contribution < -0.4 is 0 Å². The van der Waals surface area contributed by atoms with E-state index in [-0.39, 0.29) is 17.1 Å². The molecule has 6 nitrogen and oxygen atoms in total. The van der Waals surface area contributed by atoms with Crippen LogP contribution in [0.25, 0.3) is 0 Å². The van der Waals surface area contributed by atoms with Gasteiger partial charge in [-0.05, 0) is 71.7 Å². The molecule has 0 atom stereocenters. The Bertz CT molecular complexity index is 836. The zero-order valence-electron chi connectivity index (χ0n) is 26.0. The summed E-state index contributed by atoms with van der Waals surface area (Å²) in [7, 11) is 0. The second kappa shape index (κ2) is 16.4. The molecule has 0 aliphatic rings. The molecule has 0 aliphatic heterocycles. The average Bonchev–Trinajstić information content (AvgIpc) is 3.46. The molecule has 37 heavy (non-hydrogen) atoms. The minimum absolute atomic E-state index is 0.183. The van der Waals surface area contributed by atoms with Crippen LogP contribution in [0, 0.1) is 11.3 Å². The van der Waals surface area contributed by atoms with E-state index in [4.69, 9.17) is 28.2 Å². The fourth-order valence-corrected chi connectivity index (χ4v) is 2.54. The van der Waals surface area contributed by atoms with Crippen LogP contribution >= 0.6 is 0 Å². The second-order valence-corrected chi connectivity index (χ2v) is 11.4. The van der Waals surface area contributed by atoms with Gasteiger partial charge >= 0.3 is 0 Å². The molecular formula is C31H56O6. The summed E-state index contributed by atoms with van der Waals surface area (Å²) in [5.41, 5.74) is -1.07. The van der Waals surface area contributed by atoms with Crippen LogP contribution in [0.2, 0.25) is 0 Å². The number of ether oxygens (including phenoxy) is 3. The van der Waals surface area contributed by atoms with Crippen LogP contribution in [-0.2, 0) is 40.5 Å². The summed E-state index contributed by atoms with van der Waals surface area (Å²) < 4.78 is 29.2. The predicted molar refractivity (Wildman–Crippen MR) is 152 cm³/mol. The number of hydrogen-bond acceptors (Lipinski definition) is 6. The van der Waals surface area contributed by atoms with Crippen molar-refractivity contribution in [2.45, 2.75) is 134 Å². The summed E-state index contributed by atoms with van der Waals surface area (Å²) in [5, 5.41) is 9.09. The summed E-state index contributed by atoms with van der Waals surface area (Å²) in [4.78, 5) is 0. The summed E-state index contributed by atoms with van der Waals surface area (Å²) in [6.07, 6.45) is 1.07. The van der Waals surface area contributed by atoms with Gasteiger partial charge in [-0.3, -0.25) is 0 Å². The lowest BCUT2D eigenvalue weighted by Crippen LogP contribution is -2.44. The van der Waals surface area contributed by atoms with E-state index in [1.54, 1.807) is 0 Å². The lowest BCUT2D eigenvalue weighted by atomic mass is 9.78. The van der Waals surface area contributed by atoms with Crippen molar-refractivity contribution in [2.24, 2.45) is 11.3 Å². The summed E-state index contributed by atoms with van der Waals surface area (Å²) in [6.45, 7) is 28.1. The molecule has 0 fully saturated rings. The topological polar surface area (TPSA) is 74.2 Å². The Morgan fingerprint density at radius 1 is 0.757 bits per heavy atom. The van der Waals surface area contributed by atoms with E-state index in [1.165, 1.54) is 0 Å². The maximum Gasteiger partial charge on any atom is 0.130 e. The van der Waals surface area contributed by atoms with Crippen molar-refractivity contribution in [3.8, 4) is 0 Å². The van der Waals surface area contributed by atoms with E-state index in [0.29, 0.717) is 32.3 Å². The lowest BCUT2D eigenvalue weighted by Gasteiger charge is -2.41. The van der Waals surface area contributed by atoms with E-state index < -0.39 is 5.60 Å². The SMILES string of the molecule is CC.CC(C)C(C)(C)O.CCc1ccc(COC(C)(C)C(C)(C)COCc2ccc(COC(C)C)o2)o1. The van der Waals surface area contributed by atoms with Crippen LogP contribution in [0.15, 0.2) is 33.1 Å². The van der Waals surface area contributed by atoms with Gasteiger partial charge in [0.2, 0.25) is 0 Å². The van der Waals surface area contributed by atoms with Crippen molar-refractivity contribution in [1.82, 2.24) is 0 Å². The zero-order valence-corrected chi connectivity index (χ0v) is 26.0. The summed E-state index contributed by atoms with van der Waals surface area (Å²) >= 11 is 0. The third kappa shape index (κ3) is 13.7. The second-order valence-electron chi connectivity index (χ2n) is 11.4. The van der Waals surface area contributed by atoms with Crippen LogP contribution in [0.1, 0.15) is 113 Å². The van der Waals surface area contributed by atoms with Gasteiger partial charge in [-0.25, -0.2) is 0 Å². The lowest BCUT2D eigenvalue weighted by molar-refractivity contribution is -0.138. The first-order valence-corrected chi connectivity index (χ1v) is 13.8. The molecule has 0 unspecified atom stereocenters. The fourth-order valence-electron chi connectivity index (χ4n) is 2.54. The van der Waals surface area contributed by atoms with Gasteiger partial charge < -0.3 is 28.2 Å². The fraction of sp³-hybridized carbons (Fsp3) is 0.742. The Morgan fingerprint density at radius 2 is 1.19 bits per heavy atom. The Balaban J connectivity index is 0.00000124. The Hall–Kier alpha value is -1.60. The molecule has 0 bridgehead atoms. The normalized spacial score (nSPS) is 12.3. The van der Waals surface area contributed by atoms with E-state index >= 15 is 0 Å². The van der Waals surface area contributed by atoms with Crippen LogP contribution in [0.4, 0.5) is 0 Å². The molecule has 2 aromatic rings. The summed E-state index contributed by atoms with van der Waals surface area (Å²) in [6, 6.07) is 7.86. The van der Waals surface area contributed by atoms with Crippen LogP contribution in [0.5, 0.6) is 0 Å². The smallest absolute Gasteiger partial charge is 0.130 e. The third-order valence-electron chi connectivity index (χ3n) is 6.67. The van der Waals surface area contributed by atoms with E-state index in [9.17, 15) is 0 Å². The third-order valence-corrected chi connectivity index (χ3v) is 6.67. The van der Waals surface area contributed by atoms with Crippen molar-refractivity contribution >= 4 is 0 Å². The molecule has 2 heterocycles. The Kier molecular flexibility index (Phi) is 15.7. The highest BCUT2D eigenvalue weighted by Gasteiger charge is 2.38. The van der Waals surface area contributed by atoms with Crippen LogP contribution in [-0.4, -0.2) is 29.0 Å². The molecular weight excluding hydrogens is 468 g/mol. The van der Waals surface area contributed by atoms with E-state index in [0.717, 1.165) is 29.5 Å². The van der Waals surface area contributed by atoms with Gasteiger partial charge in [0.05, 0.1) is 23.9 Å². The molecule has 1 N–H and O–H groups in total. The molecule has 216 valence electrons.